The molecule has 14 heavy (non-hydrogen) atoms. The van der Waals surface area contributed by atoms with Crippen LogP contribution in [0.5, 0.6) is 0 Å². The van der Waals surface area contributed by atoms with Crippen molar-refractivity contribution in [3.8, 4) is 6.07 Å². The van der Waals surface area contributed by atoms with Crippen LogP contribution >= 0.6 is 0 Å². The minimum absolute atomic E-state index is 0.214. The van der Waals surface area contributed by atoms with Crippen molar-refractivity contribution in [3.63, 3.8) is 0 Å². The maximum Gasteiger partial charge on any atom is 0.123 e. The van der Waals surface area contributed by atoms with Gasteiger partial charge in [-0.25, -0.2) is 4.39 Å². The normalized spacial score (nSPS) is 9.43. The molecule has 0 aliphatic heterocycles. The fourth-order valence-corrected chi connectivity index (χ4v) is 1.21. The summed E-state index contributed by atoms with van der Waals surface area (Å²) >= 11 is 0. The SMILES string of the molecule is C=C(CC#N)CCc1cccc(F)c1. The molecule has 0 saturated carbocycles. The van der Waals surface area contributed by atoms with Crippen LogP contribution in [-0.4, -0.2) is 0 Å². The third kappa shape index (κ3) is 3.40. The van der Waals surface area contributed by atoms with Crippen LogP contribution in [0.15, 0.2) is 36.4 Å². The largest absolute Gasteiger partial charge is 0.207 e. The first-order valence-electron chi connectivity index (χ1n) is 4.50. The first-order chi connectivity index (χ1) is 6.72. The van der Waals surface area contributed by atoms with Crippen LogP contribution in [0, 0.1) is 17.1 Å². The Morgan fingerprint density at radius 1 is 1.50 bits per heavy atom. The number of rotatable bonds is 4. The topological polar surface area (TPSA) is 23.8 Å². The summed E-state index contributed by atoms with van der Waals surface area (Å²) in [4.78, 5) is 0. The zero-order valence-corrected chi connectivity index (χ0v) is 7.96. The Balaban J connectivity index is 2.46. The van der Waals surface area contributed by atoms with Gasteiger partial charge in [-0.3, -0.25) is 0 Å². The van der Waals surface area contributed by atoms with Gasteiger partial charge in [-0.1, -0.05) is 24.3 Å². The molecular formula is C12H12FN. The molecule has 0 saturated heterocycles. The standard InChI is InChI=1S/C12H12FN/c1-10(7-8-14)5-6-11-3-2-4-12(13)9-11/h2-4,9H,1,5-7H2. The van der Waals surface area contributed by atoms with Crippen LogP contribution in [0.25, 0.3) is 0 Å². The predicted molar refractivity (Wildman–Crippen MR) is 54.1 cm³/mol. The molecule has 0 radical (unpaired) electrons. The molecule has 1 nitrogen and oxygen atoms in total. The summed E-state index contributed by atoms with van der Waals surface area (Å²) in [6.45, 7) is 3.77. The molecule has 0 amide bonds. The minimum Gasteiger partial charge on any atom is -0.207 e. The summed E-state index contributed by atoms with van der Waals surface area (Å²) in [6.07, 6.45) is 1.88. The number of nitrogens with zero attached hydrogens (tertiary/aromatic N) is 1. The number of aryl methyl sites for hydroxylation is 1. The van der Waals surface area contributed by atoms with Crippen molar-refractivity contribution in [2.45, 2.75) is 19.3 Å². The van der Waals surface area contributed by atoms with Gasteiger partial charge in [-0.15, -0.1) is 0 Å². The summed E-state index contributed by atoms with van der Waals surface area (Å²) in [5, 5.41) is 8.41. The van der Waals surface area contributed by atoms with Gasteiger partial charge in [0.15, 0.2) is 0 Å². The van der Waals surface area contributed by atoms with Gasteiger partial charge in [0.2, 0.25) is 0 Å². The molecule has 0 unspecified atom stereocenters. The Labute approximate surface area is 83.5 Å². The van der Waals surface area contributed by atoms with E-state index in [-0.39, 0.29) is 5.82 Å². The minimum atomic E-state index is -0.214. The Kier molecular flexibility index (Phi) is 3.87. The van der Waals surface area contributed by atoms with Gasteiger partial charge in [0.05, 0.1) is 12.5 Å². The highest BCUT2D eigenvalue weighted by molar-refractivity contribution is 5.18. The molecule has 72 valence electrons. The van der Waals surface area contributed by atoms with E-state index in [2.05, 4.69) is 6.58 Å². The van der Waals surface area contributed by atoms with Gasteiger partial charge >= 0.3 is 0 Å². The summed E-state index contributed by atoms with van der Waals surface area (Å²) in [5.41, 5.74) is 1.85. The highest BCUT2D eigenvalue weighted by atomic mass is 19.1. The lowest BCUT2D eigenvalue weighted by Gasteiger charge is -2.01. The quantitative estimate of drug-likeness (QED) is 0.667. The molecule has 0 heterocycles. The third-order valence-corrected chi connectivity index (χ3v) is 1.99. The lowest BCUT2D eigenvalue weighted by Crippen LogP contribution is -1.88. The monoisotopic (exact) mass is 189 g/mol. The van der Waals surface area contributed by atoms with Gasteiger partial charge in [-0.2, -0.15) is 5.26 Å². The lowest BCUT2D eigenvalue weighted by atomic mass is 10.0. The molecule has 0 bridgehead atoms. The van der Waals surface area contributed by atoms with E-state index in [4.69, 9.17) is 5.26 Å². The molecule has 0 atom stereocenters. The van der Waals surface area contributed by atoms with E-state index in [1.807, 2.05) is 12.1 Å². The van der Waals surface area contributed by atoms with Crippen molar-refractivity contribution in [1.82, 2.24) is 0 Å². The number of halogens is 1. The van der Waals surface area contributed by atoms with E-state index in [1.165, 1.54) is 12.1 Å². The summed E-state index contributed by atoms with van der Waals surface area (Å²) in [7, 11) is 0. The zero-order chi connectivity index (χ0) is 10.4. The van der Waals surface area contributed by atoms with Crippen LogP contribution in [-0.2, 0) is 6.42 Å². The van der Waals surface area contributed by atoms with Gasteiger partial charge in [-0.05, 0) is 30.5 Å². The molecule has 2 heteroatoms. The fraction of sp³-hybridized carbons (Fsp3) is 0.250. The van der Waals surface area contributed by atoms with Crippen LogP contribution in [0.4, 0.5) is 4.39 Å². The average Bonchev–Trinajstić information content (AvgIpc) is 2.15. The molecule has 0 N–H and O–H groups in total. The van der Waals surface area contributed by atoms with Crippen molar-refractivity contribution in [1.29, 1.82) is 5.26 Å². The van der Waals surface area contributed by atoms with Crippen molar-refractivity contribution in [3.05, 3.63) is 47.8 Å². The van der Waals surface area contributed by atoms with E-state index in [0.717, 1.165) is 24.0 Å². The van der Waals surface area contributed by atoms with E-state index < -0.39 is 0 Å². The summed E-state index contributed by atoms with van der Waals surface area (Å²) < 4.78 is 12.8. The predicted octanol–water partition coefficient (Wildman–Crippen LogP) is 3.23. The number of allylic oxidation sites excluding steroid dienone is 1. The fourth-order valence-electron chi connectivity index (χ4n) is 1.21. The Morgan fingerprint density at radius 2 is 2.29 bits per heavy atom. The van der Waals surface area contributed by atoms with Gasteiger partial charge in [0.25, 0.3) is 0 Å². The Morgan fingerprint density at radius 3 is 2.93 bits per heavy atom. The second-order valence-electron chi connectivity index (χ2n) is 3.21. The highest BCUT2D eigenvalue weighted by Crippen LogP contribution is 2.11. The average molecular weight is 189 g/mol. The number of hydrogen-bond acceptors (Lipinski definition) is 1. The van der Waals surface area contributed by atoms with Crippen LogP contribution in [0.2, 0.25) is 0 Å². The van der Waals surface area contributed by atoms with Gasteiger partial charge in [0.1, 0.15) is 5.82 Å². The van der Waals surface area contributed by atoms with Crippen LogP contribution in [0.1, 0.15) is 18.4 Å². The number of hydrogen-bond donors (Lipinski definition) is 0. The highest BCUT2D eigenvalue weighted by Gasteiger charge is 1.97. The van der Waals surface area contributed by atoms with Gasteiger partial charge < -0.3 is 0 Å². The Bertz CT molecular complexity index is 363. The molecule has 1 aromatic rings. The third-order valence-electron chi connectivity index (χ3n) is 1.99. The number of benzene rings is 1. The Hall–Kier alpha value is -1.62. The summed E-state index contributed by atoms with van der Waals surface area (Å²) in [6, 6.07) is 8.55. The molecule has 0 aliphatic carbocycles. The van der Waals surface area contributed by atoms with E-state index in [1.54, 1.807) is 6.07 Å². The molecule has 0 aromatic heterocycles. The molecular weight excluding hydrogens is 177 g/mol. The van der Waals surface area contributed by atoms with E-state index in [9.17, 15) is 4.39 Å². The maximum absolute atomic E-state index is 12.8. The maximum atomic E-state index is 12.8. The summed E-state index contributed by atoms with van der Waals surface area (Å²) in [5.74, 6) is -0.214. The van der Waals surface area contributed by atoms with Crippen LogP contribution < -0.4 is 0 Å². The molecule has 0 fully saturated rings. The molecule has 1 rings (SSSR count). The van der Waals surface area contributed by atoms with Crippen LogP contribution in [0.3, 0.4) is 0 Å². The van der Waals surface area contributed by atoms with Gasteiger partial charge in [0, 0.05) is 0 Å². The van der Waals surface area contributed by atoms with Crippen molar-refractivity contribution >= 4 is 0 Å². The molecule has 0 spiro atoms. The van der Waals surface area contributed by atoms with Crippen molar-refractivity contribution < 1.29 is 4.39 Å². The zero-order valence-electron chi connectivity index (χ0n) is 7.96. The first kappa shape index (κ1) is 10.5. The van der Waals surface area contributed by atoms with Crippen molar-refractivity contribution in [2.24, 2.45) is 0 Å². The van der Waals surface area contributed by atoms with Crippen molar-refractivity contribution in [2.75, 3.05) is 0 Å². The van der Waals surface area contributed by atoms with E-state index in [0.29, 0.717) is 6.42 Å². The first-order valence-corrected chi connectivity index (χ1v) is 4.50. The second kappa shape index (κ2) is 5.18. The lowest BCUT2D eigenvalue weighted by molar-refractivity contribution is 0.625. The number of nitriles is 1. The molecule has 0 aliphatic rings. The second-order valence-corrected chi connectivity index (χ2v) is 3.21. The van der Waals surface area contributed by atoms with E-state index >= 15 is 0 Å². The smallest absolute Gasteiger partial charge is 0.123 e. The molecule has 1 aromatic carbocycles.